The maximum absolute atomic E-state index is 12.0. The first-order chi connectivity index (χ1) is 9.04. The summed E-state index contributed by atoms with van der Waals surface area (Å²) >= 11 is 1.36. The van der Waals surface area contributed by atoms with E-state index in [1.807, 2.05) is 13.8 Å². The van der Waals surface area contributed by atoms with Gasteiger partial charge in [-0.05, 0) is 50.1 Å². The van der Waals surface area contributed by atoms with Gasteiger partial charge in [0.05, 0.1) is 12.3 Å². The minimum atomic E-state index is -0.269. The van der Waals surface area contributed by atoms with E-state index >= 15 is 0 Å². The number of carbonyl (C=O) groups excluding carboxylic acids is 1. The van der Waals surface area contributed by atoms with Crippen molar-refractivity contribution < 1.29 is 9.53 Å². The Kier molecular flexibility index (Phi) is 4.45. The molecule has 1 fully saturated rings. The summed E-state index contributed by atoms with van der Waals surface area (Å²) in [6.45, 7) is 8.63. The summed E-state index contributed by atoms with van der Waals surface area (Å²) in [4.78, 5) is 12.0. The van der Waals surface area contributed by atoms with Crippen LogP contribution in [-0.4, -0.2) is 23.0 Å². The molecule has 0 bridgehead atoms. The Morgan fingerprint density at radius 3 is 2.79 bits per heavy atom. The summed E-state index contributed by atoms with van der Waals surface area (Å²) in [5.41, 5.74) is 1.36. The maximum atomic E-state index is 12.0. The molecule has 1 aromatic heterocycles. The molecule has 1 saturated carbocycles. The van der Waals surface area contributed by atoms with E-state index in [9.17, 15) is 4.79 Å². The van der Waals surface area contributed by atoms with Gasteiger partial charge in [-0.25, -0.2) is 4.79 Å². The molecule has 3 atom stereocenters. The Morgan fingerprint density at radius 1 is 1.47 bits per heavy atom. The van der Waals surface area contributed by atoms with Gasteiger partial charge < -0.3 is 10.1 Å². The van der Waals surface area contributed by atoms with Gasteiger partial charge in [0.15, 0.2) is 0 Å². The van der Waals surface area contributed by atoms with Crippen LogP contribution in [0.3, 0.4) is 0 Å². The normalized spacial score (nSPS) is 26.4. The van der Waals surface area contributed by atoms with Crippen molar-refractivity contribution in [2.24, 2.45) is 11.8 Å². The molecule has 0 amide bonds. The summed E-state index contributed by atoms with van der Waals surface area (Å²) in [5, 5.41) is 4.37. The minimum Gasteiger partial charge on any atom is -0.462 e. The van der Waals surface area contributed by atoms with E-state index in [0.29, 0.717) is 24.1 Å². The fourth-order valence-electron chi connectivity index (χ4n) is 2.65. The number of ether oxygens (including phenoxy) is 1. The Hall–Kier alpha value is -1.10. The number of anilines is 1. The third kappa shape index (κ3) is 2.91. The Balaban J connectivity index is 2.15. The van der Waals surface area contributed by atoms with Gasteiger partial charge in [0, 0.05) is 6.04 Å². The van der Waals surface area contributed by atoms with Crippen LogP contribution in [0, 0.1) is 18.8 Å². The quantitative estimate of drug-likeness (QED) is 0.859. The Bertz CT molecular complexity index is 458. The number of hydrogen-bond donors (Lipinski definition) is 1. The summed E-state index contributed by atoms with van der Waals surface area (Å²) in [7, 11) is 0. The van der Waals surface area contributed by atoms with E-state index in [2.05, 4.69) is 23.5 Å². The molecule has 1 N–H and O–H groups in total. The van der Waals surface area contributed by atoms with Crippen molar-refractivity contribution in [3.8, 4) is 0 Å². The van der Waals surface area contributed by atoms with Gasteiger partial charge in [0.2, 0.25) is 0 Å². The molecule has 1 heterocycles. The highest BCUT2D eigenvalue weighted by atomic mass is 32.1. The van der Waals surface area contributed by atoms with Crippen LogP contribution in [0.25, 0.3) is 0 Å². The molecule has 0 saturated heterocycles. The monoisotopic (exact) mass is 282 g/mol. The molecule has 0 aromatic carbocycles. The summed E-state index contributed by atoms with van der Waals surface area (Å²) in [5.74, 6) is 1.09. The molecule has 2 rings (SSSR count). The predicted molar refractivity (Wildman–Crippen MR) is 77.8 cm³/mol. The molecule has 19 heavy (non-hydrogen) atoms. The number of esters is 1. The van der Waals surface area contributed by atoms with Gasteiger partial charge >= 0.3 is 5.97 Å². The Labute approximate surface area is 118 Å². The van der Waals surface area contributed by atoms with E-state index in [-0.39, 0.29) is 5.97 Å². The van der Waals surface area contributed by atoms with Crippen molar-refractivity contribution in [1.29, 1.82) is 0 Å². The highest BCUT2D eigenvalue weighted by Gasteiger charge is 2.31. The van der Waals surface area contributed by atoms with Crippen LogP contribution < -0.4 is 5.32 Å². The van der Waals surface area contributed by atoms with E-state index in [1.54, 1.807) is 0 Å². The average Bonchev–Trinajstić information content (AvgIpc) is 2.88. The maximum Gasteiger partial charge on any atom is 0.343 e. The highest BCUT2D eigenvalue weighted by Crippen LogP contribution is 2.35. The first-order valence-electron chi connectivity index (χ1n) is 6.94. The van der Waals surface area contributed by atoms with E-state index < -0.39 is 0 Å². The van der Waals surface area contributed by atoms with Gasteiger partial charge in [-0.2, -0.15) is 4.37 Å². The number of aryl methyl sites for hydroxylation is 1. The van der Waals surface area contributed by atoms with Crippen molar-refractivity contribution in [3.63, 3.8) is 0 Å². The molecule has 1 aliphatic rings. The molecule has 1 aromatic rings. The summed E-state index contributed by atoms with van der Waals surface area (Å²) in [6, 6.07) is 0.433. The van der Waals surface area contributed by atoms with Crippen molar-refractivity contribution in [2.75, 3.05) is 11.9 Å². The van der Waals surface area contributed by atoms with Gasteiger partial charge in [-0.15, -0.1) is 0 Å². The molecule has 1 aliphatic carbocycles. The first-order valence-corrected chi connectivity index (χ1v) is 7.71. The van der Waals surface area contributed by atoms with Crippen LogP contribution in [0.2, 0.25) is 0 Å². The highest BCUT2D eigenvalue weighted by molar-refractivity contribution is 7.10. The fourth-order valence-corrected chi connectivity index (χ4v) is 3.49. The molecule has 106 valence electrons. The number of nitrogens with zero attached hydrogens (tertiary/aromatic N) is 1. The van der Waals surface area contributed by atoms with E-state index in [0.717, 1.165) is 23.0 Å². The standard InChI is InChI=1S/C14H22N2O2S/c1-5-18-14(17)12-10(4)16-19-13(12)15-11-7-6-8(2)9(11)3/h8-9,11,15H,5-7H2,1-4H3. The van der Waals surface area contributed by atoms with E-state index in [4.69, 9.17) is 4.74 Å². The smallest absolute Gasteiger partial charge is 0.343 e. The zero-order valence-electron chi connectivity index (χ0n) is 12.0. The largest absolute Gasteiger partial charge is 0.462 e. The minimum absolute atomic E-state index is 0.269. The molecule has 0 aliphatic heterocycles. The Morgan fingerprint density at radius 2 is 2.21 bits per heavy atom. The molecular formula is C14H22N2O2S. The van der Waals surface area contributed by atoms with Crippen LogP contribution in [0.4, 0.5) is 5.00 Å². The lowest BCUT2D eigenvalue weighted by Crippen LogP contribution is -2.24. The fraction of sp³-hybridized carbons (Fsp3) is 0.714. The SMILES string of the molecule is CCOC(=O)c1c(C)nsc1NC1CCC(C)C1C. The summed E-state index contributed by atoms with van der Waals surface area (Å²) in [6.07, 6.45) is 2.40. The molecular weight excluding hydrogens is 260 g/mol. The van der Waals surface area contributed by atoms with Crippen LogP contribution in [0.1, 0.15) is 49.7 Å². The van der Waals surface area contributed by atoms with Gasteiger partial charge in [-0.3, -0.25) is 0 Å². The third-order valence-corrected chi connectivity index (χ3v) is 4.99. The van der Waals surface area contributed by atoms with Crippen LogP contribution in [-0.2, 0) is 4.74 Å². The lowest BCUT2D eigenvalue weighted by atomic mass is 9.98. The van der Waals surface area contributed by atoms with Gasteiger partial charge in [0.1, 0.15) is 10.6 Å². The van der Waals surface area contributed by atoms with Gasteiger partial charge in [0.25, 0.3) is 0 Å². The topological polar surface area (TPSA) is 51.2 Å². The lowest BCUT2D eigenvalue weighted by Gasteiger charge is -2.20. The zero-order chi connectivity index (χ0) is 14.0. The number of hydrogen-bond acceptors (Lipinski definition) is 5. The van der Waals surface area contributed by atoms with E-state index in [1.165, 1.54) is 18.0 Å². The van der Waals surface area contributed by atoms with Crippen LogP contribution in [0.15, 0.2) is 0 Å². The number of carbonyl (C=O) groups is 1. The van der Waals surface area contributed by atoms with Crippen molar-refractivity contribution in [1.82, 2.24) is 4.37 Å². The van der Waals surface area contributed by atoms with Gasteiger partial charge in [-0.1, -0.05) is 13.8 Å². The summed E-state index contributed by atoms with van der Waals surface area (Å²) < 4.78 is 9.39. The predicted octanol–water partition coefficient (Wildman–Crippen LogP) is 3.47. The first kappa shape index (κ1) is 14.3. The zero-order valence-corrected chi connectivity index (χ0v) is 12.8. The second-order valence-corrected chi connectivity index (χ2v) is 6.13. The number of rotatable bonds is 4. The second-order valence-electron chi connectivity index (χ2n) is 5.36. The molecule has 0 spiro atoms. The number of aromatic nitrogens is 1. The number of nitrogens with one attached hydrogen (secondary N) is 1. The van der Waals surface area contributed by atoms with Crippen molar-refractivity contribution >= 4 is 22.5 Å². The lowest BCUT2D eigenvalue weighted by molar-refractivity contribution is 0.0527. The van der Waals surface area contributed by atoms with Crippen molar-refractivity contribution in [3.05, 3.63) is 11.3 Å². The second kappa shape index (κ2) is 5.90. The van der Waals surface area contributed by atoms with Crippen LogP contribution in [0.5, 0.6) is 0 Å². The molecule has 3 unspecified atom stereocenters. The molecule has 4 nitrogen and oxygen atoms in total. The molecule has 5 heteroatoms. The van der Waals surface area contributed by atoms with Crippen molar-refractivity contribution in [2.45, 2.75) is 46.6 Å². The van der Waals surface area contributed by atoms with Crippen LogP contribution >= 0.6 is 11.5 Å². The third-order valence-electron chi connectivity index (χ3n) is 4.12. The molecule has 0 radical (unpaired) electrons. The average molecular weight is 282 g/mol.